The molecule has 3 aliphatic rings. The van der Waals surface area contributed by atoms with Gasteiger partial charge in [0.05, 0.1) is 46.3 Å². The van der Waals surface area contributed by atoms with Crippen LogP contribution in [0.4, 0.5) is 4.39 Å². The number of aromatic nitrogens is 3. The summed E-state index contributed by atoms with van der Waals surface area (Å²) in [5, 5.41) is 63.4. The second-order valence-electron chi connectivity index (χ2n) is 20.6. The normalized spacial score (nSPS) is 36.2. The number of ketones is 1. The average Bonchev–Trinajstić information content (AvgIpc) is 3.79. The first-order valence-electron chi connectivity index (χ1n) is 24.5. The van der Waals surface area contributed by atoms with Crippen LogP contribution in [-0.2, 0) is 44.9 Å². The third-order valence-electron chi connectivity index (χ3n) is 15.1. The number of oxime groups is 1. The topological polar surface area (TPSA) is 244 Å². The SMILES string of the molecule is CC[C@H]1OC(=O)[C@H](C)C(=O)[C@H](C)[C@@H](O[C@@H]2C[C@H](C)C[C@H](N(C)CCc3cn([C@H](CF)[C@H](O)c4ccc(S(C)(=O)=O)cc4)nn3)[C@H]2O)[C@](C)(OC)C[C@@H](C)/C(=N\O[C@@H]2CCCNC2)[C@H](C)[C@@H](O)[C@]1(C)O. The number of aliphatic hydroxyl groups is 4. The molecule has 5 rings (SSSR count). The van der Waals surface area contributed by atoms with E-state index in [0.717, 1.165) is 25.6 Å². The van der Waals surface area contributed by atoms with Gasteiger partial charge in [0.25, 0.3) is 0 Å². The van der Waals surface area contributed by atoms with Crippen molar-refractivity contribution in [1.29, 1.82) is 0 Å². The number of cyclic esters (lactones) is 1. The van der Waals surface area contributed by atoms with Crippen LogP contribution in [0.25, 0.3) is 0 Å². The van der Waals surface area contributed by atoms with Gasteiger partial charge in [-0.2, -0.15) is 0 Å². The molecule has 1 aliphatic carbocycles. The maximum atomic E-state index is 14.5. The maximum absolute atomic E-state index is 14.5. The Balaban J connectivity index is 1.39. The number of methoxy groups -OCH3 is 1. The van der Waals surface area contributed by atoms with Crippen LogP contribution in [0.3, 0.4) is 0 Å². The number of aliphatic hydroxyl groups excluding tert-OH is 3. The number of Topliss-reactive ketones (excluding diaryl/α,β-unsaturated/α-hetero) is 1. The summed E-state index contributed by atoms with van der Waals surface area (Å²) in [5.41, 5.74) is -1.87. The molecule has 3 fully saturated rings. The first kappa shape index (κ1) is 56.4. The van der Waals surface area contributed by atoms with Gasteiger partial charge in [-0.25, -0.2) is 17.5 Å². The number of nitrogens with zero attached hydrogens (tertiary/aromatic N) is 5. The van der Waals surface area contributed by atoms with Crippen molar-refractivity contribution in [2.75, 3.05) is 46.7 Å². The van der Waals surface area contributed by atoms with Crippen molar-refractivity contribution < 1.29 is 61.9 Å². The van der Waals surface area contributed by atoms with E-state index in [1.54, 1.807) is 27.0 Å². The highest BCUT2D eigenvalue weighted by atomic mass is 32.2. The minimum absolute atomic E-state index is 0.0717. The van der Waals surface area contributed by atoms with E-state index in [4.69, 9.17) is 19.0 Å². The van der Waals surface area contributed by atoms with Gasteiger partial charge < -0.3 is 49.7 Å². The Labute approximate surface area is 407 Å². The van der Waals surface area contributed by atoms with Crippen molar-refractivity contribution in [2.45, 2.75) is 171 Å². The highest BCUT2D eigenvalue weighted by Crippen LogP contribution is 2.40. The first-order valence-corrected chi connectivity index (χ1v) is 26.4. The molecule has 0 bridgehead atoms. The number of piperidine rings is 1. The number of esters is 1. The zero-order chi connectivity index (χ0) is 51.2. The van der Waals surface area contributed by atoms with Gasteiger partial charge in [0, 0.05) is 62.9 Å². The van der Waals surface area contributed by atoms with Crippen LogP contribution in [0.5, 0.6) is 0 Å². The van der Waals surface area contributed by atoms with Crippen molar-refractivity contribution in [2.24, 2.45) is 34.7 Å². The lowest BCUT2D eigenvalue weighted by Crippen LogP contribution is -2.59. The summed E-state index contributed by atoms with van der Waals surface area (Å²) < 4.78 is 58.8. The molecule has 20 heteroatoms. The summed E-state index contributed by atoms with van der Waals surface area (Å²) >= 11 is 0. The molecule has 2 aliphatic heterocycles. The molecule has 2 aromatic rings. The molecule has 390 valence electrons. The van der Waals surface area contributed by atoms with Crippen LogP contribution in [0.15, 0.2) is 40.5 Å². The lowest BCUT2D eigenvalue weighted by molar-refractivity contribution is -0.206. The van der Waals surface area contributed by atoms with E-state index in [-0.39, 0.29) is 29.8 Å². The predicted molar refractivity (Wildman–Crippen MR) is 256 cm³/mol. The molecule has 69 heavy (non-hydrogen) atoms. The van der Waals surface area contributed by atoms with E-state index in [9.17, 15) is 42.8 Å². The Morgan fingerprint density at radius 1 is 1.09 bits per heavy atom. The molecule has 1 aromatic carbocycles. The van der Waals surface area contributed by atoms with Gasteiger partial charge >= 0.3 is 5.97 Å². The van der Waals surface area contributed by atoms with Crippen LogP contribution in [-0.4, -0.2) is 167 Å². The lowest BCUT2D eigenvalue weighted by atomic mass is 9.73. The molecule has 0 spiro atoms. The summed E-state index contributed by atoms with van der Waals surface area (Å²) in [7, 11) is -0.0515. The predicted octanol–water partition coefficient (Wildman–Crippen LogP) is 3.79. The fourth-order valence-electron chi connectivity index (χ4n) is 10.5. The summed E-state index contributed by atoms with van der Waals surface area (Å²) in [6, 6.07) is 4.09. The molecular formula is C49H79FN6O12S. The molecule has 1 saturated carbocycles. The Morgan fingerprint density at radius 2 is 1.77 bits per heavy atom. The van der Waals surface area contributed by atoms with E-state index in [2.05, 4.69) is 27.7 Å². The summed E-state index contributed by atoms with van der Waals surface area (Å²) in [6.07, 6.45) is -0.833. The van der Waals surface area contributed by atoms with Gasteiger partial charge in [0.2, 0.25) is 0 Å². The number of hydrogen-bond acceptors (Lipinski definition) is 17. The summed E-state index contributed by atoms with van der Waals surface area (Å²) in [5.74, 6) is -4.74. The highest BCUT2D eigenvalue weighted by molar-refractivity contribution is 7.90. The van der Waals surface area contributed by atoms with Crippen LogP contribution in [0.1, 0.15) is 117 Å². The minimum Gasteiger partial charge on any atom is -0.459 e. The van der Waals surface area contributed by atoms with Gasteiger partial charge in [0.1, 0.15) is 42.5 Å². The fraction of sp³-hybridized carbons (Fsp3) is 0.776. The zero-order valence-corrected chi connectivity index (χ0v) is 43.1. The number of halogens is 1. The van der Waals surface area contributed by atoms with Crippen molar-refractivity contribution in [3.05, 3.63) is 41.7 Å². The average molecular weight is 995 g/mol. The van der Waals surface area contributed by atoms with Crippen molar-refractivity contribution >= 4 is 27.3 Å². The third-order valence-corrected chi connectivity index (χ3v) is 16.2. The highest BCUT2D eigenvalue weighted by Gasteiger charge is 2.51. The number of alkyl halides is 1. The van der Waals surface area contributed by atoms with Crippen molar-refractivity contribution in [1.82, 2.24) is 25.2 Å². The van der Waals surface area contributed by atoms with Crippen LogP contribution in [0.2, 0.25) is 0 Å². The van der Waals surface area contributed by atoms with Gasteiger partial charge in [-0.05, 0) is 96.5 Å². The Kier molecular flexibility index (Phi) is 19.5. The molecule has 0 unspecified atom stereocenters. The fourth-order valence-corrected chi connectivity index (χ4v) is 11.2. The van der Waals surface area contributed by atoms with Crippen molar-refractivity contribution in [3.63, 3.8) is 0 Å². The van der Waals surface area contributed by atoms with Crippen LogP contribution >= 0.6 is 0 Å². The smallest absolute Gasteiger partial charge is 0.316 e. The van der Waals surface area contributed by atoms with Gasteiger partial charge in [-0.15, -0.1) is 5.10 Å². The van der Waals surface area contributed by atoms with Gasteiger partial charge in [0.15, 0.2) is 15.6 Å². The van der Waals surface area contributed by atoms with Gasteiger partial charge in [-0.1, -0.05) is 57.1 Å². The molecular weight excluding hydrogens is 916 g/mol. The van der Waals surface area contributed by atoms with Crippen LogP contribution < -0.4 is 5.32 Å². The quantitative estimate of drug-likeness (QED) is 0.0968. The maximum Gasteiger partial charge on any atom is 0.316 e. The Bertz CT molecular complexity index is 2140. The molecule has 2 saturated heterocycles. The number of carbonyl (C=O) groups is 2. The van der Waals surface area contributed by atoms with Crippen molar-refractivity contribution in [3.8, 4) is 0 Å². The Morgan fingerprint density at radius 3 is 2.36 bits per heavy atom. The van der Waals surface area contributed by atoms with E-state index >= 15 is 0 Å². The molecule has 3 heterocycles. The van der Waals surface area contributed by atoms with E-state index in [0.29, 0.717) is 49.3 Å². The monoisotopic (exact) mass is 995 g/mol. The summed E-state index contributed by atoms with van der Waals surface area (Å²) in [6.45, 7) is 14.8. The third kappa shape index (κ3) is 13.3. The number of ether oxygens (including phenoxy) is 3. The van der Waals surface area contributed by atoms with E-state index in [1.165, 1.54) is 49.9 Å². The molecule has 0 amide bonds. The second kappa shape index (κ2) is 23.8. The number of benzene rings is 1. The number of sulfone groups is 1. The first-order chi connectivity index (χ1) is 32.4. The molecule has 1 aromatic heterocycles. The standard InChI is InChI=1S/C49H79FN6O12S/c1-12-40-49(8,62)45(60)30(4)41(53-68-35-14-13-20-51-26-35)29(3)24-48(7,65-10)46(31(5)42(57)32(6)47(61)67-40)66-39-23-28(2)22-37(44(39)59)55(9)21-19-34-27-56(54-52-34)38(25-50)43(58)33-15-17-36(18-16-33)69(11,63)64/h15-18,27-32,35,37-40,43-46,51,58-60,62H,12-14,19-26H2,1-11H3/b53-41+/t28-,29-,30+,31+,32-,35-,37+,38-,39-,40-,43-,44-,45-,46-,48-,49-/m1/s1. The van der Waals surface area contributed by atoms with E-state index in [1.807, 2.05) is 25.8 Å². The number of nitrogens with one attached hydrogen (secondary N) is 1. The van der Waals surface area contributed by atoms with E-state index < -0.39 is 112 Å². The minimum atomic E-state index is -3.46. The number of hydrogen-bond donors (Lipinski definition) is 5. The molecule has 18 nitrogen and oxygen atoms in total. The number of carbonyl (C=O) groups excluding carboxylic acids is 2. The zero-order valence-electron chi connectivity index (χ0n) is 42.3. The largest absolute Gasteiger partial charge is 0.459 e. The van der Waals surface area contributed by atoms with Crippen LogP contribution in [0, 0.1) is 29.6 Å². The summed E-state index contributed by atoms with van der Waals surface area (Å²) in [4.78, 5) is 36.5. The number of rotatable bonds is 15. The molecule has 16 atom stereocenters. The number of likely N-dealkylation sites (N-methyl/N-ethyl adjacent to an activating group) is 1. The second-order valence-corrected chi connectivity index (χ2v) is 22.6. The molecule has 0 radical (unpaired) electrons. The lowest BCUT2D eigenvalue weighted by Gasteiger charge is -2.48. The van der Waals surface area contributed by atoms with Gasteiger partial charge in [-0.3, -0.25) is 9.59 Å². The Hall–Kier alpha value is -3.47. The molecule has 5 N–H and O–H groups in total.